The Bertz CT molecular complexity index is 562. The minimum Gasteiger partial charge on any atom is -0.310 e. The summed E-state index contributed by atoms with van der Waals surface area (Å²) in [6.45, 7) is 8.79. The highest BCUT2D eigenvalue weighted by atomic mass is 35.5. The molecule has 0 N–H and O–H groups in total. The number of fused-ring (bicyclic) bond motifs is 1. The lowest BCUT2D eigenvalue weighted by Gasteiger charge is -2.22. The topological polar surface area (TPSA) is 30.7 Å². The van der Waals surface area contributed by atoms with Crippen LogP contribution in [0.2, 0.25) is 0 Å². The molecule has 0 amide bonds. The Morgan fingerprint density at radius 1 is 1.37 bits per heavy atom. The van der Waals surface area contributed by atoms with Crippen LogP contribution in [-0.4, -0.2) is 20.4 Å². The molecular formula is C15H22ClN3. The van der Waals surface area contributed by atoms with E-state index in [9.17, 15) is 0 Å². The van der Waals surface area contributed by atoms with Crippen molar-refractivity contribution in [1.29, 1.82) is 0 Å². The standard InChI is InChI=1S/C15H22ClN3/c1-5-11(3)12(4)19-14(6-7-16)18-13-8-10(2)9-17-15(13)19/h8-9,11-12H,5-7H2,1-4H3. The zero-order valence-corrected chi connectivity index (χ0v) is 12.9. The summed E-state index contributed by atoms with van der Waals surface area (Å²) in [5.74, 6) is 2.24. The maximum absolute atomic E-state index is 5.91. The molecule has 0 saturated heterocycles. The van der Waals surface area contributed by atoms with E-state index in [1.54, 1.807) is 0 Å². The molecule has 0 saturated carbocycles. The Morgan fingerprint density at radius 3 is 2.74 bits per heavy atom. The number of rotatable bonds is 5. The van der Waals surface area contributed by atoms with Gasteiger partial charge in [0.15, 0.2) is 5.65 Å². The minimum absolute atomic E-state index is 0.392. The largest absolute Gasteiger partial charge is 0.310 e. The number of aryl methyl sites for hydroxylation is 2. The lowest BCUT2D eigenvalue weighted by Crippen LogP contribution is -2.17. The number of hydrogen-bond donors (Lipinski definition) is 0. The Kier molecular flexibility index (Phi) is 4.46. The second-order valence-corrected chi connectivity index (χ2v) is 5.70. The average molecular weight is 280 g/mol. The maximum Gasteiger partial charge on any atom is 0.160 e. The van der Waals surface area contributed by atoms with Crippen LogP contribution in [0.4, 0.5) is 0 Å². The van der Waals surface area contributed by atoms with Crippen LogP contribution in [0.5, 0.6) is 0 Å². The molecule has 0 aromatic carbocycles. The molecule has 2 atom stereocenters. The van der Waals surface area contributed by atoms with Crippen LogP contribution >= 0.6 is 11.6 Å². The molecule has 2 unspecified atom stereocenters. The summed E-state index contributed by atoms with van der Waals surface area (Å²) in [7, 11) is 0. The number of nitrogens with zero attached hydrogens (tertiary/aromatic N) is 3. The van der Waals surface area contributed by atoms with E-state index >= 15 is 0 Å². The first-order valence-corrected chi connectivity index (χ1v) is 7.51. The van der Waals surface area contributed by atoms with E-state index in [1.165, 1.54) is 0 Å². The van der Waals surface area contributed by atoms with Crippen molar-refractivity contribution in [2.75, 3.05) is 5.88 Å². The molecule has 4 heteroatoms. The van der Waals surface area contributed by atoms with Crippen molar-refractivity contribution < 1.29 is 0 Å². The molecule has 0 bridgehead atoms. The van der Waals surface area contributed by atoms with Crippen molar-refractivity contribution in [3.63, 3.8) is 0 Å². The van der Waals surface area contributed by atoms with Gasteiger partial charge in [-0.25, -0.2) is 9.97 Å². The van der Waals surface area contributed by atoms with Gasteiger partial charge in [0.1, 0.15) is 11.3 Å². The molecule has 0 fully saturated rings. The van der Waals surface area contributed by atoms with Gasteiger partial charge in [0.25, 0.3) is 0 Å². The van der Waals surface area contributed by atoms with Gasteiger partial charge >= 0.3 is 0 Å². The molecule has 19 heavy (non-hydrogen) atoms. The number of halogens is 1. The van der Waals surface area contributed by atoms with Crippen LogP contribution in [0.1, 0.15) is 44.6 Å². The number of pyridine rings is 1. The second kappa shape index (κ2) is 5.91. The Morgan fingerprint density at radius 2 is 2.11 bits per heavy atom. The first kappa shape index (κ1) is 14.3. The quantitative estimate of drug-likeness (QED) is 0.771. The molecule has 0 aliphatic heterocycles. The molecule has 0 aliphatic rings. The third-order valence-electron chi connectivity index (χ3n) is 3.93. The fourth-order valence-electron chi connectivity index (χ4n) is 2.41. The van der Waals surface area contributed by atoms with Gasteiger partial charge in [-0.15, -0.1) is 11.6 Å². The summed E-state index contributed by atoms with van der Waals surface area (Å²) in [5, 5.41) is 0. The molecule has 2 aromatic rings. The van der Waals surface area contributed by atoms with E-state index < -0.39 is 0 Å². The Labute approximate surface area is 120 Å². The molecule has 0 radical (unpaired) electrons. The monoisotopic (exact) mass is 279 g/mol. The van der Waals surface area contributed by atoms with Gasteiger partial charge in [-0.2, -0.15) is 0 Å². The van der Waals surface area contributed by atoms with E-state index in [1.807, 2.05) is 13.1 Å². The van der Waals surface area contributed by atoms with Crippen LogP contribution in [0.25, 0.3) is 11.2 Å². The highest BCUT2D eigenvalue weighted by molar-refractivity contribution is 6.17. The van der Waals surface area contributed by atoms with Gasteiger partial charge in [-0.3, -0.25) is 0 Å². The van der Waals surface area contributed by atoms with Crippen molar-refractivity contribution in [2.45, 2.75) is 46.6 Å². The van der Waals surface area contributed by atoms with Gasteiger partial charge < -0.3 is 4.57 Å². The van der Waals surface area contributed by atoms with Gasteiger partial charge in [0.2, 0.25) is 0 Å². The fraction of sp³-hybridized carbons (Fsp3) is 0.600. The molecule has 2 heterocycles. The van der Waals surface area contributed by atoms with E-state index in [-0.39, 0.29) is 0 Å². The Hall–Kier alpha value is -1.09. The van der Waals surface area contributed by atoms with Crippen molar-refractivity contribution >= 4 is 22.8 Å². The summed E-state index contributed by atoms with van der Waals surface area (Å²) in [5.41, 5.74) is 3.11. The zero-order chi connectivity index (χ0) is 14.0. The summed E-state index contributed by atoms with van der Waals surface area (Å²) >= 11 is 5.91. The molecule has 104 valence electrons. The van der Waals surface area contributed by atoms with E-state index in [4.69, 9.17) is 16.6 Å². The second-order valence-electron chi connectivity index (χ2n) is 5.32. The smallest absolute Gasteiger partial charge is 0.160 e. The lowest BCUT2D eigenvalue weighted by atomic mass is 10.0. The average Bonchev–Trinajstić information content (AvgIpc) is 2.74. The summed E-state index contributed by atoms with van der Waals surface area (Å²) in [6.07, 6.45) is 3.85. The summed E-state index contributed by atoms with van der Waals surface area (Å²) < 4.78 is 2.27. The van der Waals surface area contributed by atoms with Crippen LogP contribution in [0.15, 0.2) is 12.3 Å². The molecule has 3 nitrogen and oxygen atoms in total. The highest BCUT2D eigenvalue weighted by Gasteiger charge is 2.20. The number of alkyl halides is 1. The SMILES string of the molecule is CCC(C)C(C)n1c(CCCl)nc2cc(C)cnc21. The third kappa shape index (κ3) is 2.76. The van der Waals surface area contributed by atoms with Crippen molar-refractivity contribution in [1.82, 2.24) is 14.5 Å². The number of hydrogen-bond acceptors (Lipinski definition) is 2. The third-order valence-corrected chi connectivity index (χ3v) is 4.12. The highest BCUT2D eigenvalue weighted by Crippen LogP contribution is 2.27. The van der Waals surface area contributed by atoms with Gasteiger partial charge in [0, 0.05) is 24.5 Å². The van der Waals surface area contributed by atoms with Crippen LogP contribution in [0.3, 0.4) is 0 Å². The molecule has 2 rings (SSSR count). The minimum atomic E-state index is 0.392. The maximum atomic E-state index is 5.91. The normalized spacial score (nSPS) is 14.8. The first-order chi connectivity index (χ1) is 9.08. The predicted molar refractivity (Wildman–Crippen MR) is 80.9 cm³/mol. The summed E-state index contributed by atoms with van der Waals surface area (Å²) in [4.78, 5) is 9.30. The Balaban J connectivity index is 2.57. The molecule has 0 spiro atoms. The number of imidazole rings is 1. The van der Waals surface area contributed by atoms with E-state index in [0.717, 1.165) is 35.4 Å². The van der Waals surface area contributed by atoms with E-state index in [0.29, 0.717) is 17.8 Å². The van der Waals surface area contributed by atoms with Gasteiger partial charge in [-0.1, -0.05) is 20.3 Å². The lowest BCUT2D eigenvalue weighted by molar-refractivity contribution is 0.368. The zero-order valence-electron chi connectivity index (χ0n) is 12.2. The van der Waals surface area contributed by atoms with Gasteiger partial charge in [-0.05, 0) is 31.4 Å². The molecule has 2 aromatic heterocycles. The fourth-order valence-corrected chi connectivity index (χ4v) is 2.58. The summed E-state index contributed by atoms with van der Waals surface area (Å²) in [6, 6.07) is 2.49. The van der Waals surface area contributed by atoms with Crippen LogP contribution in [0, 0.1) is 12.8 Å². The first-order valence-electron chi connectivity index (χ1n) is 6.97. The molecule has 0 aliphatic carbocycles. The van der Waals surface area contributed by atoms with Crippen molar-refractivity contribution in [2.24, 2.45) is 5.92 Å². The van der Waals surface area contributed by atoms with Crippen LogP contribution < -0.4 is 0 Å². The van der Waals surface area contributed by atoms with Crippen LogP contribution in [-0.2, 0) is 6.42 Å². The van der Waals surface area contributed by atoms with E-state index in [2.05, 4.69) is 36.4 Å². The number of aromatic nitrogens is 3. The molecular weight excluding hydrogens is 258 g/mol. The van der Waals surface area contributed by atoms with Crippen molar-refractivity contribution in [3.05, 3.63) is 23.7 Å². The van der Waals surface area contributed by atoms with Gasteiger partial charge in [0.05, 0.1) is 0 Å². The predicted octanol–water partition coefficient (Wildman–Crippen LogP) is 4.13. The van der Waals surface area contributed by atoms with Crippen molar-refractivity contribution in [3.8, 4) is 0 Å².